The third-order valence-corrected chi connectivity index (χ3v) is 12.9. The monoisotopic (exact) mass is 550 g/mol. The molecule has 0 heterocycles. The van der Waals surface area contributed by atoms with Crippen LogP contribution in [0.1, 0.15) is 76.6 Å². The molecule has 6 aliphatic rings. The van der Waals surface area contributed by atoms with Crippen LogP contribution in [0.15, 0.2) is 27.6 Å². The Bertz CT molecular complexity index is 1070. The second kappa shape index (κ2) is 8.58. The van der Waals surface area contributed by atoms with E-state index in [9.17, 15) is 13.2 Å². The summed E-state index contributed by atoms with van der Waals surface area (Å²) in [6, 6.07) is 4.87. The van der Waals surface area contributed by atoms with Gasteiger partial charge in [0.1, 0.15) is 0 Å². The van der Waals surface area contributed by atoms with Crippen molar-refractivity contribution in [1.82, 2.24) is 10.0 Å². The van der Waals surface area contributed by atoms with E-state index in [0.29, 0.717) is 63.5 Å². The minimum atomic E-state index is -3.71. The van der Waals surface area contributed by atoms with Crippen LogP contribution in [0.3, 0.4) is 0 Å². The molecule has 4 bridgehead atoms. The summed E-state index contributed by atoms with van der Waals surface area (Å²) < 4.78 is 29.6. The number of hydrogen-bond donors (Lipinski definition) is 2. The van der Waals surface area contributed by atoms with Crippen LogP contribution >= 0.6 is 15.9 Å². The number of amides is 1. The number of benzene rings is 1. The number of nitrogens with one attached hydrogen (secondary N) is 2. The largest absolute Gasteiger partial charge is 0.352 e. The fourth-order valence-electron chi connectivity index (χ4n) is 7.68. The molecule has 1 aromatic carbocycles. The lowest BCUT2D eigenvalue weighted by molar-refractivity contribution is -0.103. The Hall–Kier alpha value is -0.920. The van der Waals surface area contributed by atoms with Gasteiger partial charge >= 0.3 is 0 Å². The minimum Gasteiger partial charge on any atom is -0.352 e. The molecule has 5 nitrogen and oxygen atoms in total. The molecule has 0 spiro atoms. The fourth-order valence-corrected chi connectivity index (χ4v) is 9.78. The molecule has 1 aromatic rings. The lowest BCUT2D eigenvalue weighted by Gasteiger charge is -2.60. The molecular formula is C27H39BrN2O3S. The summed E-state index contributed by atoms with van der Waals surface area (Å²) in [6.07, 6.45) is 7.17. The van der Waals surface area contributed by atoms with Crippen LogP contribution in [0.4, 0.5) is 0 Å². The van der Waals surface area contributed by atoms with E-state index in [-0.39, 0.29) is 10.8 Å². The first-order valence-corrected chi connectivity index (χ1v) is 15.2. The molecule has 188 valence electrons. The lowest BCUT2D eigenvalue weighted by Crippen LogP contribution is -2.54. The Morgan fingerprint density at radius 2 is 1.68 bits per heavy atom. The fraction of sp³-hybridized carbons (Fsp3) is 0.741. The van der Waals surface area contributed by atoms with E-state index in [2.05, 4.69) is 53.7 Å². The summed E-state index contributed by atoms with van der Waals surface area (Å²) in [5.74, 6) is 3.63. The van der Waals surface area contributed by atoms with Gasteiger partial charge in [0.2, 0.25) is 10.0 Å². The minimum absolute atomic E-state index is 0.141. The van der Waals surface area contributed by atoms with Crippen molar-refractivity contribution in [2.75, 3.05) is 13.1 Å². The van der Waals surface area contributed by atoms with Gasteiger partial charge in [-0.05, 0) is 119 Å². The van der Waals surface area contributed by atoms with Crippen molar-refractivity contribution in [2.45, 2.75) is 71.1 Å². The SMILES string of the molecule is CC1(C)C2CC(CNS(=O)(=O)c3cc(C(=O)NCC4CC[C@H]5C[C@@H]4C5(C)C)ccc3Br)C[C@@H]1C2. The summed E-state index contributed by atoms with van der Waals surface area (Å²) in [5, 5.41) is 3.09. The van der Waals surface area contributed by atoms with Gasteiger partial charge in [0.25, 0.3) is 5.91 Å². The van der Waals surface area contributed by atoms with Crippen molar-refractivity contribution in [2.24, 2.45) is 46.3 Å². The van der Waals surface area contributed by atoms with Crippen LogP contribution < -0.4 is 10.0 Å². The molecule has 6 saturated carbocycles. The average molecular weight is 552 g/mol. The topological polar surface area (TPSA) is 75.3 Å². The van der Waals surface area contributed by atoms with E-state index in [0.717, 1.165) is 18.8 Å². The smallest absolute Gasteiger partial charge is 0.251 e. The second-order valence-corrected chi connectivity index (χ2v) is 15.3. The van der Waals surface area contributed by atoms with Crippen LogP contribution in [0.2, 0.25) is 0 Å². The van der Waals surface area contributed by atoms with Crippen molar-refractivity contribution in [1.29, 1.82) is 0 Å². The molecule has 0 aromatic heterocycles. The molecule has 6 aliphatic carbocycles. The van der Waals surface area contributed by atoms with E-state index in [1.165, 1.54) is 31.7 Å². The Morgan fingerprint density at radius 3 is 2.29 bits per heavy atom. The number of sulfonamides is 1. The van der Waals surface area contributed by atoms with Gasteiger partial charge in [-0.1, -0.05) is 27.7 Å². The molecule has 6 fully saturated rings. The Kier molecular flexibility index (Phi) is 6.25. The summed E-state index contributed by atoms with van der Waals surface area (Å²) in [6.45, 7) is 10.5. The zero-order valence-electron chi connectivity index (χ0n) is 20.9. The average Bonchev–Trinajstić information content (AvgIpc) is 2.81. The number of fused-ring (bicyclic) bond motifs is 4. The molecule has 34 heavy (non-hydrogen) atoms. The molecule has 1 amide bonds. The van der Waals surface area contributed by atoms with Gasteiger partial charge in [-0.3, -0.25) is 4.79 Å². The highest BCUT2D eigenvalue weighted by Gasteiger charge is 2.54. The van der Waals surface area contributed by atoms with Crippen LogP contribution in [-0.2, 0) is 10.0 Å². The van der Waals surface area contributed by atoms with Crippen molar-refractivity contribution in [3.8, 4) is 0 Å². The van der Waals surface area contributed by atoms with Crippen LogP contribution in [-0.4, -0.2) is 27.4 Å². The van der Waals surface area contributed by atoms with E-state index >= 15 is 0 Å². The molecule has 6 atom stereocenters. The molecule has 0 aliphatic heterocycles. The van der Waals surface area contributed by atoms with Gasteiger partial charge in [0, 0.05) is 23.1 Å². The van der Waals surface area contributed by atoms with Gasteiger partial charge in [-0.15, -0.1) is 0 Å². The maximum Gasteiger partial charge on any atom is 0.251 e. The molecule has 0 saturated heterocycles. The summed E-state index contributed by atoms with van der Waals surface area (Å²) >= 11 is 3.39. The van der Waals surface area contributed by atoms with Gasteiger partial charge < -0.3 is 5.32 Å². The van der Waals surface area contributed by atoms with Crippen LogP contribution in [0, 0.1) is 46.3 Å². The van der Waals surface area contributed by atoms with Gasteiger partial charge in [-0.25, -0.2) is 13.1 Å². The van der Waals surface area contributed by atoms with Gasteiger partial charge in [-0.2, -0.15) is 0 Å². The molecule has 2 N–H and O–H groups in total. The third-order valence-electron chi connectivity index (χ3n) is 10.5. The molecular weight excluding hydrogens is 512 g/mol. The maximum atomic E-state index is 13.1. The predicted molar refractivity (Wildman–Crippen MR) is 138 cm³/mol. The molecule has 3 unspecified atom stereocenters. The van der Waals surface area contributed by atoms with Crippen LogP contribution in [0.25, 0.3) is 0 Å². The first kappa shape index (κ1) is 24.8. The van der Waals surface area contributed by atoms with Gasteiger partial charge in [0.15, 0.2) is 0 Å². The zero-order chi connectivity index (χ0) is 24.5. The number of carbonyl (C=O) groups excluding carboxylic acids is 1. The van der Waals surface area contributed by atoms with E-state index in [1.807, 2.05) is 0 Å². The number of halogens is 1. The highest BCUT2D eigenvalue weighted by molar-refractivity contribution is 9.10. The number of hydrogen-bond acceptors (Lipinski definition) is 3. The highest BCUT2D eigenvalue weighted by Crippen LogP contribution is 2.61. The number of rotatable bonds is 7. The molecule has 7 heteroatoms. The normalized spacial score (nSPS) is 35.1. The maximum absolute atomic E-state index is 13.1. The van der Waals surface area contributed by atoms with Crippen molar-refractivity contribution >= 4 is 31.9 Å². The third kappa shape index (κ3) is 4.17. The first-order chi connectivity index (χ1) is 15.9. The summed E-state index contributed by atoms with van der Waals surface area (Å²) in [7, 11) is -3.71. The summed E-state index contributed by atoms with van der Waals surface area (Å²) in [5.41, 5.74) is 1.19. The van der Waals surface area contributed by atoms with Crippen LogP contribution in [0.5, 0.6) is 0 Å². The van der Waals surface area contributed by atoms with E-state index in [1.54, 1.807) is 12.1 Å². The second-order valence-electron chi connectivity index (χ2n) is 12.7. The van der Waals surface area contributed by atoms with E-state index in [4.69, 9.17) is 0 Å². The Balaban J connectivity index is 1.20. The first-order valence-electron chi connectivity index (χ1n) is 13.0. The Morgan fingerprint density at radius 1 is 0.971 bits per heavy atom. The van der Waals surface area contributed by atoms with Crippen molar-refractivity contribution in [3.05, 3.63) is 28.2 Å². The molecule has 0 radical (unpaired) electrons. The summed E-state index contributed by atoms with van der Waals surface area (Å²) in [4.78, 5) is 13.1. The highest BCUT2D eigenvalue weighted by atomic mass is 79.9. The van der Waals surface area contributed by atoms with Crippen molar-refractivity contribution < 1.29 is 13.2 Å². The quantitative estimate of drug-likeness (QED) is 0.463. The van der Waals surface area contributed by atoms with Gasteiger partial charge in [0.05, 0.1) is 4.90 Å². The van der Waals surface area contributed by atoms with E-state index < -0.39 is 10.0 Å². The molecule has 7 rings (SSSR count). The van der Waals surface area contributed by atoms with Crippen molar-refractivity contribution in [3.63, 3.8) is 0 Å². The Labute approximate surface area is 213 Å². The standard InChI is InChI=1S/C27H39BrN2O3S/c1-26(2)20-9-16(10-21(26)12-20)14-30-34(32,33)24-11-17(6-8-23(24)28)25(31)29-15-18-5-7-19-13-22(18)27(19,3)4/h6,8,11,16,18-22,30H,5,7,9-10,12-15H2,1-4H3,(H,29,31)/t16?,18?,19-,20+,21?,22-/m0/s1. The lowest BCUT2D eigenvalue weighted by atomic mass is 9.45. The predicted octanol–water partition coefficient (Wildman–Crippen LogP) is 5.60. The zero-order valence-corrected chi connectivity index (χ0v) is 23.3. The number of carbonyl (C=O) groups is 1.